The summed E-state index contributed by atoms with van der Waals surface area (Å²) in [4.78, 5) is 72.3. The van der Waals surface area contributed by atoms with Gasteiger partial charge in [0.25, 0.3) is 5.92 Å². The van der Waals surface area contributed by atoms with E-state index in [1.54, 1.807) is 79.8 Å². The number of hydrogen-bond donors (Lipinski definition) is 1. The molecule has 0 unspecified atom stereocenters. The van der Waals surface area contributed by atoms with Gasteiger partial charge in [0.1, 0.15) is 29.6 Å². The first-order valence-electron chi connectivity index (χ1n) is 42.7. The van der Waals surface area contributed by atoms with Gasteiger partial charge in [0.2, 0.25) is 0 Å². The number of carboxylic acids is 1. The lowest BCUT2D eigenvalue weighted by Crippen LogP contribution is -2.19. The second-order valence-corrected chi connectivity index (χ2v) is 32.4. The number of hydrogen-bond acceptors (Lipinski definition) is 22. The highest BCUT2D eigenvalue weighted by molar-refractivity contribution is 6.00. The van der Waals surface area contributed by atoms with Gasteiger partial charge < -0.3 is 50.9 Å². The zero-order valence-corrected chi connectivity index (χ0v) is 75.0. The van der Waals surface area contributed by atoms with E-state index in [4.69, 9.17) is 47.5 Å². The number of esters is 2. The first kappa shape index (κ1) is 88.4. The molecule has 28 nitrogen and oxygen atoms in total. The number of pyridine rings is 8. The van der Waals surface area contributed by atoms with Crippen LogP contribution >= 0.6 is 0 Å². The number of aromatic nitrogens is 18. The summed E-state index contributed by atoms with van der Waals surface area (Å²) in [6, 6.07) is 53.4. The van der Waals surface area contributed by atoms with Crippen molar-refractivity contribution in [3.63, 3.8) is 0 Å². The summed E-state index contributed by atoms with van der Waals surface area (Å²) in [5.41, 5.74) is 30.1. The Morgan fingerprint density at radius 2 is 0.707 bits per heavy atom. The van der Waals surface area contributed by atoms with Crippen LogP contribution in [0.1, 0.15) is 133 Å². The lowest BCUT2D eigenvalue weighted by molar-refractivity contribution is 0.000554. The maximum atomic E-state index is 13.5. The molecule has 1 N–H and O–H groups in total. The molecule has 17 aromatic heterocycles. The van der Waals surface area contributed by atoms with E-state index in [-0.39, 0.29) is 29.6 Å². The molecule has 0 fully saturated rings. The second kappa shape index (κ2) is 37.6. The number of benzene rings is 3. The number of carbonyl (C=O) groups excluding carboxylic acids is 2. The van der Waals surface area contributed by atoms with Gasteiger partial charge in [0.15, 0.2) is 0 Å². The third kappa shape index (κ3) is 18.5. The van der Waals surface area contributed by atoms with Gasteiger partial charge in [-0.2, -0.15) is 5.10 Å². The number of nitrogens with zero attached hydrogens (tertiary/aromatic N) is 18. The average molecular weight is 1780 g/mol. The van der Waals surface area contributed by atoms with Crippen LogP contribution in [0.4, 0.5) is 8.78 Å². The smallest absolute Gasteiger partial charge is 0.337 e. The molecular weight excluding hydrogens is 1690 g/mol. The standard InChI is InChI=1S/2C27H24N4O3.C25H20N4O3.C24H22F2N6O/c2*1-16-25(18(3)34-30-16)21-13-24-26(29-14-21)22(19-8-10-20(11-9-19)27(32)33-4)15-31(24)17(2)23-7-5-6-12-28-23;1-15-23(16(2)32-28-15)19-11-22-24(27-12-19)21(17-6-8-18(9-7-17)25(30)31)14-29(22)13-20-5-3-4-10-26-20;1-15-22(16(2)33-30-15)17-8-21-23(28-9-17)20(13-31(21)12-19-6-4-5-7-27-19)18-10-29-32(11-18)14-24(3,25)26/h2*5-15,17H,1-4H3;3-12,14H,13H2,1-2H3,(H,30,31);4-11,13H,12,14H2,1-3H3/t2*17-;;/m10../s1. The first-order valence-corrected chi connectivity index (χ1v) is 42.7. The van der Waals surface area contributed by atoms with Crippen molar-refractivity contribution in [1.82, 2.24) is 88.5 Å². The van der Waals surface area contributed by atoms with Crippen molar-refractivity contribution in [3.05, 3.63) is 342 Å². The van der Waals surface area contributed by atoms with Crippen molar-refractivity contribution in [2.75, 3.05) is 14.2 Å². The van der Waals surface area contributed by atoms with Gasteiger partial charge in [0, 0.05) is 160 Å². The fourth-order valence-corrected chi connectivity index (χ4v) is 16.8. The van der Waals surface area contributed by atoms with Crippen molar-refractivity contribution in [2.24, 2.45) is 0 Å². The second-order valence-electron chi connectivity index (χ2n) is 32.4. The molecule has 0 aliphatic carbocycles. The Morgan fingerprint density at radius 1 is 0.383 bits per heavy atom. The molecule has 0 amide bonds. The number of carboxylic acid groups (broad SMARTS) is 1. The molecule has 0 aliphatic heterocycles. The van der Waals surface area contributed by atoms with Crippen molar-refractivity contribution >= 4 is 62.0 Å². The summed E-state index contributed by atoms with van der Waals surface area (Å²) in [6.07, 6.45) is 25.9. The number of halogens is 2. The number of aryl methyl sites for hydroxylation is 8. The Kier molecular flexibility index (Phi) is 25.0. The predicted molar refractivity (Wildman–Crippen MR) is 499 cm³/mol. The van der Waals surface area contributed by atoms with E-state index >= 15 is 0 Å². The van der Waals surface area contributed by atoms with E-state index in [2.05, 4.69) is 108 Å². The molecule has 20 rings (SSSR count). The van der Waals surface area contributed by atoms with E-state index in [1.807, 2.05) is 202 Å². The monoisotopic (exact) mass is 1780 g/mol. The number of ether oxygens (including phenoxy) is 2. The first-order chi connectivity index (χ1) is 64.2. The number of fused-ring (bicyclic) bond motifs is 4. The van der Waals surface area contributed by atoms with E-state index in [0.29, 0.717) is 24.2 Å². The molecule has 0 aliphatic rings. The molecule has 666 valence electrons. The van der Waals surface area contributed by atoms with Crippen molar-refractivity contribution < 1.29 is 55.8 Å². The minimum atomic E-state index is -2.85. The number of carbonyl (C=O) groups is 3. The Bertz CT molecular complexity index is 7330. The fourth-order valence-electron chi connectivity index (χ4n) is 16.8. The van der Waals surface area contributed by atoms with Crippen LogP contribution < -0.4 is 0 Å². The van der Waals surface area contributed by atoms with E-state index < -0.39 is 18.4 Å². The highest BCUT2D eigenvalue weighted by Gasteiger charge is 2.28. The SMILES string of the molecule is COC(=O)c1ccc(-c2cn([C@@H](C)c3ccccn3)c3cc(-c4c(C)noc4C)cnc23)cc1.COC(=O)c1ccc(-c2cn([C@H](C)c3ccccn3)c3cc(-c4c(C)noc4C)cnc23)cc1.Cc1noc(C)c1-c1cnc2c(-c3ccc(C(=O)O)cc3)cn(Cc3ccccn3)c2c1.Cc1noc(C)c1-c1cnc2c(-c3cnn(CC(C)(F)F)c3)cn(Cc3ccccn3)c2c1. The predicted octanol–water partition coefficient (Wildman–Crippen LogP) is 21.9. The van der Waals surface area contributed by atoms with Gasteiger partial charge in [-0.25, -0.2) is 23.2 Å². The van der Waals surface area contributed by atoms with Gasteiger partial charge in [-0.05, 0) is 195 Å². The van der Waals surface area contributed by atoms with Crippen LogP contribution in [0.5, 0.6) is 0 Å². The Hall–Kier alpha value is -16.7. The Labute approximate surface area is 761 Å². The zero-order valence-electron chi connectivity index (χ0n) is 75.0. The molecule has 17 heterocycles. The highest BCUT2D eigenvalue weighted by Crippen LogP contribution is 2.42. The molecule has 0 bridgehead atoms. The van der Waals surface area contributed by atoms with Crippen molar-refractivity contribution in [1.29, 1.82) is 0 Å². The molecule has 0 saturated carbocycles. The van der Waals surface area contributed by atoms with Gasteiger partial charge in [-0.1, -0.05) is 81.3 Å². The third-order valence-corrected chi connectivity index (χ3v) is 23.3. The number of aromatic carboxylic acids is 1. The minimum absolute atomic E-state index is 0.0199. The van der Waals surface area contributed by atoms with Crippen LogP contribution in [0.15, 0.2) is 275 Å². The summed E-state index contributed by atoms with van der Waals surface area (Å²) >= 11 is 0. The molecule has 0 radical (unpaired) electrons. The van der Waals surface area contributed by atoms with E-state index in [0.717, 1.165) is 209 Å². The van der Waals surface area contributed by atoms with Crippen molar-refractivity contribution in [2.45, 2.75) is 114 Å². The lowest BCUT2D eigenvalue weighted by Gasteiger charge is -2.15. The molecule has 0 spiro atoms. The Balaban J connectivity index is 0.000000124. The number of alkyl halides is 2. The van der Waals surface area contributed by atoms with E-state index in [9.17, 15) is 28.3 Å². The van der Waals surface area contributed by atoms with Crippen LogP contribution in [0, 0.1) is 55.4 Å². The van der Waals surface area contributed by atoms with Crippen LogP contribution in [0.2, 0.25) is 0 Å². The maximum absolute atomic E-state index is 13.5. The van der Waals surface area contributed by atoms with E-state index in [1.165, 1.54) is 18.9 Å². The molecule has 0 saturated heterocycles. The van der Waals surface area contributed by atoms with Crippen LogP contribution in [-0.2, 0) is 29.1 Å². The molecule has 3 aromatic carbocycles. The zero-order chi connectivity index (χ0) is 93.0. The molecular formula is C103H90F2N18O10. The number of rotatable bonds is 21. The van der Waals surface area contributed by atoms with Gasteiger partial charge in [-0.3, -0.25) is 44.6 Å². The summed E-state index contributed by atoms with van der Waals surface area (Å²) < 4.78 is 67.9. The molecule has 20 aromatic rings. The van der Waals surface area contributed by atoms with Crippen LogP contribution in [0.25, 0.3) is 133 Å². The third-order valence-electron chi connectivity index (χ3n) is 23.3. The highest BCUT2D eigenvalue weighted by atomic mass is 19.3. The molecule has 30 heteroatoms. The summed E-state index contributed by atoms with van der Waals surface area (Å²) in [7, 11) is 2.76. The van der Waals surface area contributed by atoms with Crippen molar-refractivity contribution in [3.8, 4) is 89.0 Å². The number of methoxy groups -OCH3 is 2. The van der Waals surface area contributed by atoms with Gasteiger partial charge >= 0.3 is 17.9 Å². The summed E-state index contributed by atoms with van der Waals surface area (Å²) in [5, 5.41) is 29.7. The minimum Gasteiger partial charge on any atom is -0.478 e. The Morgan fingerprint density at radius 3 is 1.02 bits per heavy atom. The normalized spacial score (nSPS) is 11.9. The van der Waals surface area contributed by atoms with Crippen LogP contribution in [-0.4, -0.2) is 132 Å². The summed E-state index contributed by atoms with van der Waals surface area (Å²) in [6.45, 7) is 21.0. The fraction of sp³-hybridized carbons (Fsp3) is 0.184. The van der Waals surface area contributed by atoms with Gasteiger partial charge in [-0.15, -0.1) is 0 Å². The topological polar surface area (TPSA) is 335 Å². The summed E-state index contributed by atoms with van der Waals surface area (Å²) in [5.74, 6) is -1.54. The van der Waals surface area contributed by atoms with Gasteiger partial charge in [0.05, 0.1) is 152 Å². The average Bonchev–Trinajstić information content (AvgIpc) is 1.62. The maximum Gasteiger partial charge on any atom is 0.337 e. The largest absolute Gasteiger partial charge is 0.478 e. The molecule has 133 heavy (non-hydrogen) atoms. The quantitative estimate of drug-likeness (QED) is 0.0653. The van der Waals surface area contributed by atoms with Crippen LogP contribution in [0.3, 0.4) is 0 Å². The molecule has 2 atom stereocenters. The lowest BCUT2D eigenvalue weighted by atomic mass is 10.0.